The highest BCUT2D eigenvalue weighted by Crippen LogP contribution is 2.66. The third-order valence-electron chi connectivity index (χ3n) is 8.72. The number of benzene rings is 1. The summed E-state index contributed by atoms with van der Waals surface area (Å²) in [4.78, 5) is 23.0. The highest BCUT2D eigenvalue weighted by atomic mass is 16.2. The molecule has 2 unspecified atom stereocenters. The number of piperazine rings is 1. The topological polar surface area (TPSA) is 36.4 Å². The van der Waals surface area contributed by atoms with E-state index in [-0.39, 0.29) is 10.8 Å². The van der Waals surface area contributed by atoms with Crippen molar-refractivity contribution in [3.05, 3.63) is 59.8 Å². The van der Waals surface area contributed by atoms with Crippen LogP contribution >= 0.6 is 0 Å². The first kappa shape index (κ1) is 19.3. The standard InChI is InChI=1S/C27H33N3O/c1-20-5-7-23(8-6-20)26-15-21-14-22(16-26)18-27(17-21,19-26)25(31)30-12-10-29(11-13-30)24-4-2-3-9-28-24/h2-9,21-22H,10-19H2,1H3. The summed E-state index contributed by atoms with van der Waals surface area (Å²) in [5.74, 6) is 2.93. The highest BCUT2D eigenvalue weighted by Gasteiger charge is 2.61. The molecule has 7 rings (SSSR count). The number of carbonyl (C=O) groups excluding carboxylic acids is 1. The molecule has 0 N–H and O–H groups in total. The molecule has 4 heteroatoms. The average molecular weight is 416 g/mol. The van der Waals surface area contributed by atoms with Crippen LogP contribution in [0.4, 0.5) is 5.82 Å². The summed E-state index contributed by atoms with van der Waals surface area (Å²) in [6, 6.07) is 15.3. The Morgan fingerprint density at radius 1 is 0.935 bits per heavy atom. The fourth-order valence-electron chi connectivity index (χ4n) is 7.77. The van der Waals surface area contributed by atoms with Crippen LogP contribution in [0.15, 0.2) is 48.7 Å². The lowest BCUT2D eigenvalue weighted by Crippen LogP contribution is -2.61. The van der Waals surface area contributed by atoms with Crippen LogP contribution in [-0.2, 0) is 10.2 Å². The van der Waals surface area contributed by atoms with Crippen molar-refractivity contribution in [2.75, 3.05) is 31.1 Å². The van der Waals surface area contributed by atoms with Gasteiger partial charge in [-0.2, -0.15) is 0 Å². The van der Waals surface area contributed by atoms with Gasteiger partial charge >= 0.3 is 0 Å². The van der Waals surface area contributed by atoms with E-state index in [1.807, 2.05) is 18.3 Å². The van der Waals surface area contributed by atoms with Crippen molar-refractivity contribution in [2.24, 2.45) is 17.3 Å². The molecule has 0 radical (unpaired) electrons. The van der Waals surface area contributed by atoms with Gasteiger partial charge in [0.15, 0.2) is 0 Å². The number of pyridine rings is 1. The minimum Gasteiger partial charge on any atom is -0.353 e. The van der Waals surface area contributed by atoms with Gasteiger partial charge in [-0.3, -0.25) is 4.79 Å². The van der Waals surface area contributed by atoms with Gasteiger partial charge in [0.1, 0.15) is 5.82 Å². The van der Waals surface area contributed by atoms with Gasteiger partial charge in [0.2, 0.25) is 5.91 Å². The number of nitrogens with zero attached hydrogens (tertiary/aromatic N) is 3. The van der Waals surface area contributed by atoms with E-state index in [1.54, 1.807) is 0 Å². The van der Waals surface area contributed by atoms with E-state index in [9.17, 15) is 4.79 Å². The summed E-state index contributed by atoms with van der Waals surface area (Å²) in [7, 11) is 0. The van der Waals surface area contributed by atoms with Gasteiger partial charge in [0.25, 0.3) is 0 Å². The third-order valence-corrected chi connectivity index (χ3v) is 8.72. The molecule has 4 nitrogen and oxygen atoms in total. The summed E-state index contributed by atoms with van der Waals surface area (Å²) in [6.45, 7) is 5.58. The minimum absolute atomic E-state index is 0.123. The second-order valence-electron chi connectivity index (χ2n) is 10.9. The zero-order chi connectivity index (χ0) is 21.1. The zero-order valence-corrected chi connectivity index (χ0v) is 18.6. The zero-order valence-electron chi connectivity index (χ0n) is 18.6. The lowest BCUT2D eigenvalue weighted by atomic mass is 9.42. The molecule has 31 heavy (non-hydrogen) atoms. The van der Waals surface area contributed by atoms with Crippen molar-refractivity contribution in [1.29, 1.82) is 0 Å². The summed E-state index contributed by atoms with van der Waals surface area (Å²) >= 11 is 0. The van der Waals surface area contributed by atoms with E-state index >= 15 is 0 Å². The van der Waals surface area contributed by atoms with Gasteiger partial charge < -0.3 is 9.80 Å². The predicted octanol–water partition coefficient (Wildman–Crippen LogP) is 4.58. The Morgan fingerprint density at radius 3 is 2.29 bits per heavy atom. The average Bonchev–Trinajstić information content (AvgIpc) is 2.79. The summed E-state index contributed by atoms with van der Waals surface area (Å²) in [5.41, 5.74) is 2.92. The van der Waals surface area contributed by atoms with Gasteiger partial charge in [0.05, 0.1) is 5.41 Å². The summed E-state index contributed by atoms with van der Waals surface area (Å²) in [6.07, 6.45) is 9.08. The number of aryl methyl sites for hydroxylation is 1. The molecule has 1 aromatic carbocycles. The van der Waals surface area contributed by atoms with E-state index in [2.05, 4.69) is 52.0 Å². The molecule has 0 spiro atoms. The number of aromatic nitrogens is 1. The van der Waals surface area contributed by atoms with Gasteiger partial charge in [-0.15, -0.1) is 0 Å². The smallest absolute Gasteiger partial charge is 0.228 e. The van der Waals surface area contributed by atoms with E-state index in [0.29, 0.717) is 5.91 Å². The Balaban J connectivity index is 1.23. The van der Waals surface area contributed by atoms with Crippen molar-refractivity contribution in [2.45, 2.75) is 50.9 Å². The first-order chi connectivity index (χ1) is 15.1. The lowest BCUT2D eigenvalue weighted by Gasteiger charge is -2.62. The normalized spacial score (nSPS) is 34.2. The molecule has 1 saturated heterocycles. The van der Waals surface area contributed by atoms with E-state index in [0.717, 1.165) is 63.1 Å². The SMILES string of the molecule is Cc1ccc(C23CC4CC(CC(C(=O)N5CCN(c6ccccn6)CC5)(C4)C2)C3)cc1. The first-order valence-corrected chi connectivity index (χ1v) is 12.1. The van der Waals surface area contributed by atoms with E-state index < -0.39 is 0 Å². The van der Waals surface area contributed by atoms with E-state index in [1.165, 1.54) is 30.4 Å². The number of rotatable bonds is 3. The number of hydrogen-bond acceptors (Lipinski definition) is 3. The quantitative estimate of drug-likeness (QED) is 0.736. The molecular weight excluding hydrogens is 382 g/mol. The van der Waals surface area contributed by atoms with Crippen molar-refractivity contribution in [1.82, 2.24) is 9.88 Å². The molecule has 5 fully saturated rings. The molecule has 4 saturated carbocycles. The largest absolute Gasteiger partial charge is 0.353 e. The Labute approximate surface area is 185 Å². The number of hydrogen-bond donors (Lipinski definition) is 0. The molecule has 1 amide bonds. The van der Waals surface area contributed by atoms with Crippen LogP contribution in [0.3, 0.4) is 0 Å². The Kier molecular flexibility index (Phi) is 4.42. The molecule has 4 aliphatic carbocycles. The van der Waals surface area contributed by atoms with Crippen molar-refractivity contribution < 1.29 is 4.79 Å². The van der Waals surface area contributed by atoms with Gasteiger partial charge in [-0.25, -0.2) is 4.98 Å². The van der Waals surface area contributed by atoms with Crippen LogP contribution < -0.4 is 4.90 Å². The molecule has 1 aliphatic heterocycles. The van der Waals surface area contributed by atoms with Crippen molar-refractivity contribution in [3.8, 4) is 0 Å². The molecule has 162 valence electrons. The number of amides is 1. The molecule has 5 aliphatic rings. The van der Waals surface area contributed by atoms with Crippen molar-refractivity contribution >= 4 is 11.7 Å². The highest BCUT2D eigenvalue weighted by molar-refractivity contribution is 5.84. The van der Waals surface area contributed by atoms with E-state index in [4.69, 9.17) is 0 Å². The molecule has 2 heterocycles. The van der Waals surface area contributed by atoms with Gasteiger partial charge in [0, 0.05) is 32.4 Å². The Morgan fingerprint density at radius 2 is 1.65 bits per heavy atom. The second kappa shape index (κ2) is 7.08. The Hall–Kier alpha value is -2.36. The second-order valence-corrected chi connectivity index (χ2v) is 10.9. The van der Waals surface area contributed by atoms with Crippen molar-refractivity contribution in [3.63, 3.8) is 0 Å². The van der Waals surface area contributed by atoms with Crippen LogP contribution in [0.2, 0.25) is 0 Å². The molecular formula is C27H33N3O. The monoisotopic (exact) mass is 415 g/mol. The van der Waals surface area contributed by atoms with Gasteiger partial charge in [-0.1, -0.05) is 35.9 Å². The number of anilines is 1. The first-order valence-electron chi connectivity index (χ1n) is 12.1. The van der Waals surface area contributed by atoms with Crippen LogP contribution in [0.5, 0.6) is 0 Å². The van der Waals surface area contributed by atoms with Crippen LogP contribution in [0, 0.1) is 24.2 Å². The van der Waals surface area contributed by atoms with Gasteiger partial charge in [-0.05, 0) is 80.4 Å². The maximum atomic E-state index is 14.0. The van der Waals surface area contributed by atoms with Crippen LogP contribution in [-0.4, -0.2) is 42.0 Å². The summed E-state index contributed by atoms with van der Waals surface area (Å²) < 4.78 is 0. The minimum atomic E-state index is -0.123. The summed E-state index contributed by atoms with van der Waals surface area (Å²) in [5, 5.41) is 0. The van der Waals surface area contributed by atoms with Crippen LogP contribution in [0.25, 0.3) is 0 Å². The maximum Gasteiger partial charge on any atom is 0.228 e. The molecule has 2 atom stereocenters. The Bertz CT molecular complexity index is 948. The molecule has 2 aromatic rings. The fourth-order valence-corrected chi connectivity index (χ4v) is 7.77. The lowest BCUT2D eigenvalue weighted by molar-refractivity contribution is -0.160. The molecule has 1 aromatic heterocycles. The number of carbonyl (C=O) groups is 1. The predicted molar refractivity (Wildman–Crippen MR) is 123 cm³/mol. The fraction of sp³-hybridized carbons (Fsp3) is 0.556. The van der Waals surface area contributed by atoms with Crippen LogP contribution in [0.1, 0.15) is 49.7 Å². The maximum absolute atomic E-state index is 14.0. The third kappa shape index (κ3) is 3.18. The molecule has 4 bridgehead atoms.